The van der Waals surface area contributed by atoms with Crippen molar-refractivity contribution in [2.45, 2.75) is 6.18 Å². The lowest BCUT2D eigenvalue weighted by atomic mass is 10.2. The van der Waals surface area contributed by atoms with E-state index in [0.29, 0.717) is 5.69 Å². The fourth-order valence-corrected chi connectivity index (χ4v) is 2.28. The Hall–Kier alpha value is -2.87. The number of anilines is 4. The molecule has 9 heteroatoms. The van der Waals surface area contributed by atoms with Crippen LogP contribution in [0.15, 0.2) is 54.7 Å². The third kappa shape index (κ3) is 4.40. The fourth-order valence-electron chi connectivity index (χ4n) is 2.12. The number of nitrogens with zero attached hydrogens (tertiary/aromatic N) is 2. The van der Waals surface area contributed by atoms with Crippen LogP contribution in [0.25, 0.3) is 0 Å². The molecule has 0 aliphatic heterocycles. The van der Waals surface area contributed by atoms with Crippen LogP contribution < -0.4 is 10.6 Å². The molecule has 0 spiro atoms. The Morgan fingerprint density at radius 3 is 2.50 bits per heavy atom. The maximum absolute atomic E-state index is 13.2. The number of nitrogens with one attached hydrogen (secondary N) is 2. The summed E-state index contributed by atoms with van der Waals surface area (Å²) < 4.78 is 51.7. The van der Waals surface area contributed by atoms with Gasteiger partial charge in [0.1, 0.15) is 11.6 Å². The van der Waals surface area contributed by atoms with Crippen LogP contribution in [0.5, 0.6) is 0 Å². The number of hydrogen-bond acceptors (Lipinski definition) is 4. The van der Waals surface area contributed by atoms with Crippen LogP contribution in [0.2, 0.25) is 5.02 Å². The maximum Gasteiger partial charge on any atom is 0.416 e. The van der Waals surface area contributed by atoms with Crippen LogP contribution in [0.3, 0.4) is 0 Å². The number of rotatable bonds is 4. The molecule has 1 heterocycles. The molecular formula is C17H11ClF4N4. The van der Waals surface area contributed by atoms with Gasteiger partial charge in [0, 0.05) is 11.9 Å². The Labute approximate surface area is 150 Å². The van der Waals surface area contributed by atoms with Crippen molar-refractivity contribution < 1.29 is 17.6 Å². The van der Waals surface area contributed by atoms with Gasteiger partial charge in [0.05, 0.1) is 16.3 Å². The average molecular weight is 383 g/mol. The van der Waals surface area contributed by atoms with Crippen LogP contribution in [0.4, 0.5) is 40.7 Å². The highest BCUT2D eigenvalue weighted by molar-refractivity contribution is 6.33. The highest BCUT2D eigenvalue weighted by atomic mass is 35.5. The van der Waals surface area contributed by atoms with Gasteiger partial charge < -0.3 is 10.6 Å². The van der Waals surface area contributed by atoms with Crippen molar-refractivity contribution in [2.75, 3.05) is 10.6 Å². The summed E-state index contributed by atoms with van der Waals surface area (Å²) >= 11 is 5.95. The number of halogens is 5. The van der Waals surface area contributed by atoms with Crippen LogP contribution in [-0.4, -0.2) is 9.97 Å². The second-order valence-electron chi connectivity index (χ2n) is 5.22. The first-order valence-electron chi connectivity index (χ1n) is 7.31. The molecule has 0 fully saturated rings. The lowest BCUT2D eigenvalue weighted by molar-refractivity contribution is -0.137. The standard InChI is InChI=1S/C17H11ClF4N4/c18-13-5-4-10(17(20,21)22)8-14(13)25-15-6-7-23-16(26-15)24-12-3-1-2-11(19)9-12/h1-9H,(H2,23,24,25,26). The zero-order valence-corrected chi connectivity index (χ0v) is 13.7. The smallest absolute Gasteiger partial charge is 0.339 e. The molecular weight excluding hydrogens is 372 g/mol. The van der Waals surface area contributed by atoms with E-state index in [1.807, 2.05) is 0 Å². The van der Waals surface area contributed by atoms with Crippen LogP contribution >= 0.6 is 11.6 Å². The highest BCUT2D eigenvalue weighted by Gasteiger charge is 2.31. The van der Waals surface area contributed by atoms with Crippen molar-refractivity contribution in [1.82, 2.24) is 9.97 Å². The molecule has 26 heavy (non-hydrogen) atoms. The minimum atomic E-state index is -4.49. The predicted molar refractivity (Wildman–Crippen MR) is 91.5 cm³/mol. The molecule has 0 radical (unpaired) electrons. The first kappa shape index (κ1) is 17.9. The number of aromatic nitrogens is 2. The van der Waals surface area contributed by atoms with Crippen LogP contribution in [0.1, 0.15) is 5.56 Å². The van der Waals surface area contributed by atoms with Gasteiger partial charge in [-0.15, -0.1) is 0 Å². The van der Waals surface area contributed by atoms with E-state index >= 15 is 0 Å². The molecule has 2 N–H and O–H groups in total. The molecule has 3 aromatic rings. The molecule has 3 rings (SSSR count). The second kappa shape index (κ2) is 7.17. The Morgan fingerprint density at radius 2 is 1.77 bits per heavy atom. The molecule has 0 aliphatic rings. The summed E-state index contributed by atoms with van der Waals surface area (Å²) in [5, 5.41) is 5.64. The molecule has 0 saturated carbocycles. The molecule has 2 aromatic carbocycles. The lowest BCUT2D eigenvalue weighted by Crippen LogP contribution is -2.06. The molecule has 0 aliphatic carbocycles. The zero-order valence-electron chi connectivity index (χ0n) is 13.0. The minimum absolute atomic E-state index is 0.0527. The van der Waals surface area contributed by atoms with Gasteiger partial charge in [-0.1, -0.05) is 17.7 Å². The zero-order chi connectivity index (χ0) is 18.7. The summed E-state index contributed by atoms with van der Waals surface area (Å²) in [6, 6.07) is 10.1. The molecule has 4 nitrogen and oxygen atoms in total. The minimum Gasteiger partial charge on any atom is -0.339 e. The monoisotopic (exact) mass is 382 g/mol. The van der Waals surface area contributed by atoms with Crippen molar-refractivity contribution >= 4 is 34.7 Å². The van der Waals surface area contributed by atoms with E-state index < -0.39 is 17.6 Å². The van der Waals surface area contributed by atoms with Gasteiger partial charge in [-0.25, -0.2) is 9.37 Å². The van der Waals surface area contributed by atoms with Crippen LogP contribution in [0, 0.1) is 5.82 Å². The Morgan fingerprint density at radius 1 is 0.962 bits per heavy atom. The average Bonchev–Trinajstić information content (AvgIpc) is 2.56. The van der Waals surface area contributed by atoms with Gasteiger partial charge in [-0.3, -0.25) is 0 Å². The van der Waals surface area contributed by atoms with Gasteiger partial charge >= 0.3 is 6.18 Å². The van der Waals surface area contributed by atoms with Crippen molar-refractivity contribution in [2.24, 2.45) is 0 Å². The Bertz CT molecular complexity index is 931. The summed E-state index contributed by atoms with van der Waals surface area (Å²) in [4.78, 5) is 8.12. The second-order valence-corrected chi connectivity index (χ2v) is 5.63. The summed E-state index contributed by atoms with van der Waals surface area (Å²) in [7, 11) is 0. The van der Waals surface area contributed by atoms with Gasteiger partial charge in [0.2, 0.25) is 5.95 Å². The number of alkyl halides is 3. The summed E-state index contributed by atoms with van der Waals surface area (Å²) in [6.45, 7) is 0. The predicted octanol–water partition coefficient (Wildman–Crippen LogP) is 5.78. The molecule has 0 atom stereocenters. The van der Waals surface area contributed by atoms with E-state index in [4.69, 9.17) is 11.6 Å². The van der Waals surface area contributed by atoms with Gasteiger partial charge in [0.15, 0.2) is 0 Å². The quantitative estimate of drug-likeness (QED) is 0.562. The van der Waals surface area contributed by atoms with Crippen molar-refractivity contribution in [1.29, 1.82) is 0 Å². The van der Waals surface area contributed by atoms with Gasteiger partial charge in [-0.05, 0) is 42.5 Å². The maximum atomic E-state index is 13.2. The SMILES string of the molecule is Fc1cccc(Nc2nccc(Nc3cc(C(F)(F)F)ccc3Cl)n2)c1. The van der Waals surface area contributed by atoms with E-state index in [1.54, 1.807) is 6.07 Å². The molecule has 0 unspecified atom stereocenters. The fraction of sp³-hybridized carbons (Fsp3) is 0.0588. The van der Waals surface area contributed by atoms with E-state index in [-0.39, 0.29) is 22.5 Å². The molecule has 134 valence electrons. The van der Waals surface area contributed by atoms with Crippen LogP contribution in [-0.2, 0) is 6.18 Å². The molecule has 0 bridgehead atoms. The number of benzene rings is 2. The highest BCUT2D eigenvalue weighted by Crippen LogP contribution is 2.34. The first-order valence-corrected chi connectivity index (χ1v) is 7.68. The summed E-state index contributed by atoms with van der Waals surface area (Å²) in [6.07, 6.45) is -3.09. The van der Waals surface area contributed by atoms with E-state index in [9.17, 15) is 17.6 Å². The van der Waals surface area contributed by atoms with E-state index in [0.717, 1.165) is 18.2 Å². The third-order valence-corrected chi connectivity index (χ3v) is 3.62. The van der Waals surface area contributed by atoms with Gasteiger partial charge in [-0.2, -0.15) is 18.2 Å². The first-order chi connectivity index (χ1) is 12.3. The lowest BCUT2D eigenvalue weighted by Gasteiger charge is -2.12. The van der Waals surface area contributed by atoms with Gasteiger partial charge in [0.25, 0.3) is 0 Å². The Balaban J connectivity index is 1.83. The molecule has 0 amide bonds. The number of hydrogen-bond donors (Lipinski definition) is 2. The van der Waals surface area contributed by atoms with Crippen molar-refractivity contribution in [3.8, 4) is 0 Å². The van der Waals surface area contributed by atoms with Crippen molar-refractivity contribution in [3.05, 3.63) is 71.1 Å². The third-order valence-electron chi connectivity index (χ3n) is 3.29. The molecule has 0 saturated heterocycles. The van der Waals surface area contributed by atoms with Crippen molar-refractivity contribution in [3.63, 3.8) is 0 Å². The summed E-state index contributed by atoms with van der Waals surface area (Å²) in [5.74, 6) is -0.0659. The Kier molecular flexibility index (Phi) is 4.94. The largest absolute Gasteiger partial charge is 0.416 e. The van der Waals surface area contributed by atoms with E-state index in [1.165, 1.54) is 30.5 Å². The van der Waals surface area contributed by atoms with E-state index in [2.05, 4.69) is 20.6 Å². The topological polar surface area (TPSA) is 49.8 Å². The summed E-state index contributed by atoms with van der Waals surface area (Å²) in [5.41, 5.74) is -0.354. The normalized spacial score (nSPS) is 11.3. The molecule has 1 aromatic heterocycles.